The molecular weight excluding hydrogens is 268 g/mol. The van der Waals surface area contributed by atoms with Gasteiger partial charge in [0.1, 0.15) is 5.60 Å². The molecule has 0 saturated carbocycles. The second-order valence-corrected chi connectivity index (χ2v) is 5.81. The number of carbonyl (C=O) groups excluding carboxylic acids is 1. The number of hydrogen-bond donors (Lipinski definition) is 2. The minimum Gasteiger partial charge on any atom is -0.444 e. The third-order valence-electron chi connectivity index (χ3n) is 2.83. The van der Waals surface area contributed by atoms with Crippen molar-refractivity contribution in [3.05, 3.63) is 0 Å². The highest BCUT2D eigenvalue weighted by molar-refractivity contribution is 5.85. The van der Waals surface area contributed by atoms with E-state index in [1.807, 2.05) is 27.7 Å². The van der Waals surface area contributed by atoms with Gasteiger partial charge in [-0.05, 0) is 33.1 Å². The molecule has 0 spiro atoms. The molecule has 19 heavy (non-hydrogen) atoms. The molecule has 1 rings (SSSR count). The molecule has 1 aliphatic rings. The van der Waals surface area contributed by atoms with Gasteiger partial charge >= 0.3 is 6.09 Å². The zero-order valence-electron chi connectivity index (χ0n) is 12.0. The van der Waals surface area contributed by atoms with E-state index in [-0.39, 0.29) is 36.4 Å². The Balaban J connectivity index is 0.00000324. The first kappa shape index (κ1) is 17.8. The number of ether oxygens (including phenoxy) is 1. The van der Waals surface area contributed by atoms with Crippen molar-refractivity contribution in [3.63, 3.8) is 0 Å². The number of likely N-dealkylation sites (tertiary alicyclic amines) is 1. The van der Waals surface area contributed by atoms with Crippen LogP contribution in [0.25, 0.3) is 0 Å². The lowest BCUT2D eigenvalue weighted by molar-refractivity contribution is 0.0159. The van der Waals surface area contributed by atoms with Gasteiger partial charge in [0.05, 0.1) is 6.04 Å². The summed E-state index contributed by atoms with van der Waals surface area (Å²) in [5.41, 5.74) is 10.3. The molecule has 0 aromatic carbocycles. The number of hydrogen-bond acceptors (Lipinski definition) is 3. The van der Waals surface area contributed by atoms with E-state index in [4.69, 9.17) is 16.2 Å². The first-order valence-electron chi connectivity index (χ1n) is 6.25. The lowest BCUT2D eigenvalue weighted by atomic mass is 9.95. The van der Waals surface area contributed by atoms with Gasteiger partial charge in [-0.1, -0.05) is 6.92 Å². The van der Waals surface area contributed by atoms with Crippen molar-refractivity contribution >= 4 is 24.5 Å². The summed E-state index contributed by atoms with van der Waals surface area (Å²) in [7, 11) is 0. The fourth-order valence-corrected chi connectivity index (χ4v) is 2.01. The number of piperidine rings is 1. The lowest BCUT2D eigenvalue weighted by Gasteiger charge is -2.35. The minimum absolute atomic E-state index is 0. The molecule has 4 N–H and O–H groups in total. The number of nitrogens with two attached hydrogens (primary N) is 2. The molecule has 2 atom stereocenters. The summed E-state index contributed by atoms with van der Waals surface area (Å²) in [6, 6.07) is 0.0914. The van der Waals surface area contributed by atoms with Crippen LogP contribution in [0.2, 0.25) is 0 Å². The topological polar surface area (TPSA) is 93.9 Å². The van der Waals surface area contributed by atoms with Gasteiger partial charge in [0.2, 0.25) is 0 Å². The molecule has 6 nitrogen and oxygen atoms in total. The summed E-state index contributed by atoms with van der Waals surface area (Å²) >= 11 is 0. The van der Waals surface area contributed by atoms with E-state index in [1.54, 1.807) is 4.90 Å². The molecule has 1 aliphatic heterocycles. The summed E-state index contributed by atoms with van der Waals surface area (Å²) in [4.78, 5) is 17.8. The van der Waals surface area contributed by atoms with E-state index >= 15 is 0 Å². The van der Waals surface area contributed by atoms with E-state index in [2.05, 4.69) is 4.99 Å². The third-order valence-corrected chi connectivity index (χ3v) is 2.83. The van der Waals surface area contributed by atoms with Crippen LogP contribution >= 0.6 is 12.4 Å². The average Bonchev–Trinajstić information content (AvgIpc) is 2.17. The largest absolute Gasteiger partial charge is 0.444 e. The van der Waals surface area contributed by atoms with Crippen molar-refractivity contribution in [3.8, 4) is 0 Å². The zero-order chi connectivity index (χ0) is 13.9. The second-order valence-electron chi connectivity index (χ2n) is 5.81. The van der Waals surface area contributed by atoms with E-state index < -0.39 is 5.60 Å². The highest BCUT2D eigenvalue weighted by Gasteiger charge is 2.31. The van der Waals surface area contributed by atoms with Crippen molar-refractivity contribution in [1.82, 2.24) is 4.90 Å². The summed E-state index contributed by atoms with van der Waals surface area (Å²) in [5, 5.41) is 0. The van der Waals surface area contributed by atoms with Crippen LogP contribution in [0, 0.1) is 5.92 Å². The number of amides is 1. The van der Waals surface area contributed by atoms with E-state index in [0.717, 1.165) is 6.42 Å². The van der Waals surface area contributed by atoms with Gasteiger partial charge in [0.15, 0.2) is 5.96 Å². The first-order chi connectivity index (χ1) is 8.19. The Labute approximate surface area is 121 Å². The minimum atomic E-state index is -0.461. The monoisotopic (exact) mass is 292 g/mol. The Morgan fingerprint density at radius 2 is 1.95 bits per heavy atom. The van der Waals surface area contributed by atoms with E-state index in [9.17, 15) is 4.79 Å². The number of halogens is 1. The standard InChI is InChI=1S/C12H24N4O2.ClH/c1-8-7-16(11(17)18-12(2,3)4)6-5-9(8)15-10(13)14;/h8-9H,5-7H2,1-4H3,(H4,13,14,15);1H/t8-,9+;/m1./s1. The Bertz CT molecular complexity index is 337. The van der Waals surface area contributed by atoms with Crippen molar-refractivity contribution in [2.45, 2.75) is 45.8 Å². The van der Waals surface area contributed by atoms with Crippen molar-refractivity contribution in [2.75, 3.05) is 13.1 Å². The number of rotatable bonds is 1. The van der Waals surface area contributed by atoms with Crippen LogP contribution in [0.4, 0.5) is 4.79 Å². The Kier molecular flexibility index (Phi) is 6.42. The van der Waals surface area contributed by atoms with Crippen LogP contribution in [-0.2, 0) is 4.74 Å². The van der Waals surface area contributed by atoms with Gasteiger partial charge in [0, 0.05) is 13.1 Å². The molecule has 1 amide bonds. The molecule has 1 fully saturated rings. The Hall–Kier alpha value is -1.17. The van der Waals surface area contributed by atoms with Crippen molar-refractivity contribution < 1.29 is 9.53 Å². The number of guanidine groups is 1. The molecule has 1 heterocycles. The smallest absolute Gasteiger partial charge is 0.410 e. The summed E-state index contributed by atoms with van der Waals surface area (Å²) in [6.45, 7) is 8.87. The molecule has 7 heteroatoms. The van der Waals surface area contributed by atoms with Crippen molar-refractivity contribution in [2.24, 2.45) is 22.4 Å². The highest BCUT2D eigenvalue weighted by Crippen LogP contribution is 2.21. The fourth-order valence-electron chi connectivity index (χ4n) is 2.01. The van der Waals surface area contributed by atoms with Gasteiger partial charge in [-0.15, -0.1) is 12.4 Å². The molecule has 0 radical (unpaired) electrons. The number of carbonyl (C=O) groups is 1. The molecule has 112 valence electrons. The summed E-state index contributed by atoms with van der Waals surface area (Å²) in [5.74, 6) is 0.339. The number of aliphatic imine (C=N–C) groups is 1. The van der Waals surface area contributed by atoms with Crippen molar-refractivity contribution in [1.29, 1.82) is 0 Å². The second kappa shape index (κ2) is 6.84. The maximum absolute atomic E-state index is 11.9. The average molecular weight is 293 g/mol. The SMILES string of the molecule is C[C@@H]1CN(C(=O)OC(C)(C)C)CC[C@@H]1N=C(N)N.Cl. The molecule has 1 saturated heterocycles. The Morgan fingerprint density at radius 1 is 1.37 bits per heavy atom. The van der Waals surface area contributed by atoms with Gasteiger partial charge in [0.25, 0.3) is 0 Å². The highest BCUT2D eigenvalue weighted by atomic mass is 35.5. The molecule has 0 unspecified atom stereocenters. The van der Waals surface area contributed by atoms with Gasteiger partial charge in [-0.25, -0.2) is 9.79 Å². The van der Waals surface area contributed by atoms with Crippen LogP contribution < -0.4 is 11.5 Å². The normalized spacial score (nSPS) is 23.3. The molecule has 0 aromatic rings. The van der Waals surface area contributed by atoms with Crippen LogP contribution in [-0.4, -0.2) is 41.7 Å². The predicted molar refractivity (Wildman–Crippen MR) is 78.4 cm³/mol. The van der Waals surface area contributed by atoms with Crippen LogP contribution in [0.1, 0.15) is 34.1 Å². The van der Waals surface area contributed by atoms with Crippen LogP contribution in [0.3, 0.4) is 0 Å². The quantitative estimate of drug-likeness (QED) is 0.563. The Morgan fingerprint density at radius 3 is 2.37 bits per heavy atom. The predicted octanol–water partition coefficient (Wildman–Crippen LogP) is 1.33. The summed E-state index contributed by atoms with van der Waals surface area (Å²) < 4.78 is 5.34. The van der Waals surface area contributed by atoms with Gasteiger partial charge < -0.3 is 21.1 Å². The van der Waals surface area contributed by atoms with Gasteiger partial charge in [-0.2, -0.15) is 0 Å². The first-order valence-corrected chi connectivity index (χ1v) is 6.25. The van der Waals surface area contributed by atoms with Crippen LogP contribution in [0.15, 0.2) is 4.99 Å². The third kappa shape index (κ3) is 6.00. The fraction of sp³-hybridized carbons (Fsp3) is 0.833. The maximum Gasteiger partial charge on any atom is 0.410 e. The maximum atomic E-state index is 11.9. The molecule has 0 aliphatic carbocycles. The van der Waals surface area contributed by atoms with E-state index in [1.165, 1.54) is 0 Å². The number of nitrogens with zero attached hydrogens (tertiary/aromatic N) is 2. The molecular formula is C12H25ClN4O2. The summed E-state index contributed by atoms with van der Waals surface area (Å²) in [6.07, 6.45) is 0.496. The van der Waals surface area contributed by atoms with E-state index in [0.29, 0.717) is 13.1 Å². The zero-order valence-corrected chi connectivity index (χ0v) is 12.9. The lowest BCUT2D eigenvalue weighted by Crippen LogP contribution is -2.47. The molecule has 0 bridgehead atoms. The van der Waals surface area contributed by atoms with Crippen LogP contribution in [0.5, 0.6) is 0 Å². The molecule has 0 aromatic heterocycles. The van der Waals surface area contributed by atoms with Gasteiger partial charge in [-0.3, -0.25) is 0 Å².